The Morgan fingerprint density at radius 2 is 0.694 bits per heavy atom. The number of nitrogens with one attached hydrogen (secondary N) is 1. The number of aliphatic carboxylic acids is 1. The summed E-state index contributed by atoms with van der Waals surface area (Å²) in [6.07, 6.45) is 6.29. The van der Waals surface area contributed by atoms with Crippen LogP contribution in [0, 0.1) is 12.3 Å². The van der Waals surface area contributed by atoms with Crippen molar-refractivity contribution < 1.29 is 29.7 Å². The van der Waals surface area contributed by atoms with Gasteiger partial charge in [-0.25, -0.2) is 0 Å². The van der Waals surface area contributed by atoms with Crippen LogP contribution in [0.4, 0.5) is 0 Å². The SMILES string of the molecule is C#CC.CC(=O)O.CC(C)(C)O.CC(C)=C(C)C.CC(C)=C(C)C.CC(C)=O.CNC.CO.CS.C[SiH](C)C.C[Si](C)(C)C.C[Si](C)(C)O. The monoisotopic (exact) mass is 778 g/mol. The Hall–Kier alpha value is -0.979. The van der Waals surface area contributed by atoms with Crippen LogP contribution in [-0.2, 0) is 9.59 Å². The average Bonchev–Trinajstić information content (AvgIpc) is 2.79. The highest BCUT2D eigenvalue weighted by Crippen LogP contribution is 1.97. The van der Waals surface area contributed by atoms with Crippen LogP contribution in [0.3, 0.4) is 0 Å². The summed E-state index contributed by atoms with van der Waals surface area (Å²) in [5.74, 6) is 1.58. The largest absolute Gasteiger partial charge is 0.481 e. The maximum Gasteiger partial charge on any atom is 0.300 e. The van der Waals surface area contributed by atoms with Crippen molar-refractivity contribution in [2.75, 3.05) is 27.5 Å². The summed E-state index contributed by atoms with van der Waals surface area (Å²) in [5.41, 5.74) is 5.20. The van der Waals surface area contributed by atoms with Gasteiger partial charge < -0.3 is 30.2 Å². The van der Waals surface area contributed by atoms with Crippen molar-refractivity contribution >= 4 is 49.6 Å². The van der Waals surface area contributed by atoms with Gasteiger partial charge in [-0.3, -0.25) is 4.79 Å². The van der Waals surface area contributed by atoms with E-state index in [1.165, 1.54) is 36.1 Å². The van der Waals surface area contributed by atoms with E-state index >= 15 is 0 Å². The van der Waals surface area contributed by atoms with Crippen molar-refractivity contribution in [1.29, 1.82) is 0 Å². The summed E-state index contributed by atoms with van der Waals surface area (Å²) in [6, 6.07) is 0. The lowest BCUT2D eigenvalue weighted by Gasteiger charge is -2.04. The van der Waals surface area contributed by atoms with Gasteiger partial charge in [-0.05, 0) is 137 Å². The maximum atomic E-state index is 9.44. The molecule has 306 valence electrons. The van der Waals surface area contributed by atoms with Crippen LogP contribution < -0.4 is 5.32 Å². The Bertz CT molecular complexity index is 602. The van der Waals surface area contributed by atoms with Gasteiger partial charge in [0.25, 0.3) is 5.97 Å². The number of thiol groups is 1. The van der Waals surface area contributed by atoms with E-state index in [4.69, 9.17) is 24.9 Å². The minimum Gasteiger partial charge on any atom is -0.481 e. The Morgan fingerprint density at radius 1 is 0.673 bits per heavy atom. The lowest BCUT2D eigenvalue weighted by Crippen LogP contribution is -2.17. The Balaban J connectivity index is -0.0000000309. The number of aliphatic hydroxyl groups excluding tert-OH is 1. The predicted molar refractivity (Wildman–Crippen MR) is 243 cm³/mol. The van der Waals surface area contributed by atoms with Gasteiger partial charge in [0.15, 0.2) is 8.32 Å². The molecule has 0 unspecified atom stereocenters. The molecule has 0 aliphatic heterocycles. The van der Waals surface area contributed by atoms with E-state index in [0.29, 0.717) is 0 Å². The smallest absolute Gasteiger partial charge is 0.300 e. The number of hydrogen-bond donors (Lipinski definition) is 6. The van der Waals surface area contributed by atoms with E-state index in [-0.39, 0.29) is 14.6 Å². The summed E-state index contributed by atoms with van der Waals surface area (Å²) < 4.78 is 0. The molecule has 0 aromatic heterocycles. The van der Waals surface area contributed by atoms with Crippen molar-refractivity contribution in [2.45, 2.75) is 175 Å². The molecule has 0 aliphatic carbocycles. The molecule has 0 spiro atoms. The first-order valence-corrected chi connectivity index (χ1v) is 28.3. The molecule has 0 aromatic carbocycles. The molecule has 0 aromatic rings. The molecule has 0 bridgehead atoms. The fourth-order valence-electron chi connectivity index (χ4n) is 0. The average molecular weight is 779 g/mol. The van der Waals surface area contributed by atoms with Crippen molar-refractivity contribution in [3.63, 3.8) is 0 Å². The first-order valence-electron chi connectivity index (χ1n) is 16.5. The number of ketones is 1. The first-order chi connectivity index (χ1) is 21.3. The quantitative estimate of drug-likeness (QED) is 0.0626. The third-order valence-corrected chi connectivity index (χ3v) is 2.00. The number of hydrogen-bond acceptors (Lipinski definition) is 7. The second-order valence-corrected chi connectivity index (χ2v) is 29.1. The molecule has 0 saturated heterocycles. The van der Waals surface area contributed by atoms with Gasteiger partial charge in [0.1, 0.15) is 5.78 Å². The molecule has 0 aliphatic rings. The van der Waals surface area contributed by atoms with Crippen LogP contribution in [0.25, 0.3) is 0 Å². The molecule has 0 atom stereocenters. The maximum absolute atomic E-state index is 9.44. The number of carbonyl (C=O) groups excluding carboxylic acids is 1. The minimum atomic E-state index is -1.61. The molecule has 0 rings (SSSR count). The summed E-state index contributed by atoms with van der Waals surface area (Å²) in [4.78, 5) is 27.1. The highest BCUT2D eigenvalue weighted by atomic mass is 32.1. The lowest BCUT2D eigenvalue weighted by molar-refractivity contribution is -0.134. The van der Waals surface area contributed by atoms with E-state index < -0.39 is 28.0 Å². The van der Waals surface area contributed by atoms with Gasteiger partial charge in [-0.2, -0.15) is 12.6 Å². The molecule has 0 amide bonds. The van der Waals surface area contributed by atoms with Crippen molar-refractivity contribution in [2.24, 2.45) is 0 Å². The fraction of sp³-hybridized carbons (Fsp3) is 0.789. The zero-order chi connectivity index (χ0) is 44.0. The highest BCUT2D eigenvalue weighted by Gasteiger charge is 2.03. The molecule has 0 saturated carbocycles. The van der Waals surface area contributed by atoms with E-state index in [1.807, 2.05) is 33.7 Å². The van der Waals surface area contributed by atoms with E-state index in [9.17, 15) is 4.79 Å². The Labute approximate surface area is 320 Å². The number of terminal acetylenes is 1. The lowest BCUT2D eigenvalue weighted by atomic mass is 10.2. The van der Waals surface area contributed by atoms with Crippen LogP contribution in [-0.4, -0.2) is 90.1 Å². The van der Waals surface area contributed by atoms with Gasteiger partial charge in [0.05, 0.1) is 5.60 Å². The number of carboxylic acids is 1. The fourth-order valence-corrected chi connectivity index (χ4v) is 0. The van der Waals surface area contributed by atoms with E-state index in [0.717, 1.165) is 14.0 Å². The molecule has 7 nitrogen and oxygen atoms in total. The van der Waals surface area contributed by atoms with Crippen molar-refractivity contribution in [1.82, 2.24) is 5.32 Å². The molecule has 49 heavy (non-hydrogen) atoms. The second-order valence-electron chi connectivity index (χ2n) is 15.3. The van der Waals surface area contributed by atoms with Crippen LogP contribution in [0.2, 0.25) is 65.5 Å². The molecular weight excluding hydrogens is 683 g/mol. The van der Waals surface area contributed by atoms with Gasteiger partial charge in [-0.15, -0.1) is 12.3 Å². The number of allylic oxidation sites excluding steroid dienone is 4. The molecule has 11 heteroatoms. The normalized spacial score (nSPS) is 8.18. The number of carbonyl (C=O) groups is 2. The van der Waals surface area contributed by atoms with Crippen LogP contribution in [0.15, 0.2) is 22.3 Å². The molecule has 0 radical (unpaired) electrons. The summed E-state index contributed by atoms with van der Waals surface area (Å²) in [7, 11) is 2.39. The molecule has 5 N–H and O–H groups in total. The summed E-state index contributed by atoms with van der Waals surface area (Å²) in [6.45, 7) is 49.9. The zero-order valence-electron chi connectivity index (χ0n) is 38.7. The van der Waals surface area contributed by atoms with Crippen LogP contribution in [0.5, 0.6) is 0 Å². The third kappa shape index (κ3) is 1930. The number of rotatable bonds is 0. The van der Waals surface area contributed by atoms with Gasteiger partial charge in [0, 0.05) is 30.9 Å². The molecule has 0 fully saturated rings. The van der Waals surface area contributed by atoms with E-state index in [2.05, 4.69) is 132 Å². The van der Waals surface area contributed by atoms with Crippen LogP contribution >= 0.6 is 12.6 Å². The number of aliphatic hydroxyl groups is 2. The summed E-state index contributed by atoms with van der Waals surface area (Å²) in [5, 5.41) is 25.7. The van der Waals surface area contributed by atoms with Crippen molar-refractivity contribution in [3.8, 4) is 12.3 Å². The predicted octanol–water partition coefficient (Wildman–Crippen LogP) is 10.7. The number of Topliss-reactive ketones (excluding diaryl/α,β-unsaturated/α-hetero) is 1. The van der Waals surface area contributed by atoms with Crippen LogP contribution in [0.1, 0.15) is 104 Å². The summed E-state index contributed by atoms with van der Waals surface area (Å²) >= 11 is 3.53. The standard InChI is InChI=1S/2C6H12.C4H10O.C4H12Si.C3H10OSi.C3H6O.C3H10Si.C3H4.C2H7N.C2H4O2.CH4O.CH4S/c2*1-5(2)6(3)4;1-4(2,3)5;2*1-5(2,3)4;1-3(2)4;1-4(2)3;2*1-3-2;1-2(3)4;2*1-2/h2*1-4H3;5H,1-3H3;1-4H3;4H,1-3H3;1-2H3;4H,1-3H3;1H,2H3;3H,1-2H3;1H3,(H,3,4);2*2H,1H3. The third-order valence-electron chi connectivity index (χ3n) is 2.00. The zero-order valence-corrected chi connectivity index (χ0v) is 42.8. The topological polar surface area (TPSA) is 127 Å². The molecular formula is C38H95NO6SSi3. The van der Waals surface area contributed by atoms with Crippen molar-refractivity contribution in [3.05, 3.63) is 22.3 Å². The Morgan fingerprint density at radius 3 is 0.694 bits per heavy atom. The van der Waals surface area contributed by atoms with Gasteiger partial charge in [0.2, 0.25) is 0 Å². The second kappa shape index (κ2) is 62.2. The Kier molecular flexibility index (Phi) is 104. The highest BCUT2D eigenvalue weighted by molar-refractivity contribution is 7.79. The molecule has 0 heterocycles. The van der Waals surface area contributed by atoms with E-state index in [1.54, 1.807) is 34.0 Å². The first kappa shape index (κ1) is 81.8. The van der Waals surface area contributed by atoms with Gasteiger partial charge in [-0.1, -0.05) is 68.1 Å². The van der Waals surface area contributed by atoms with Gasteiger partial charge >= 0.3 is 0 Å². The minimum absolute atomic E-state index is 0.139. The number of carboxylic acid groups (broad SMARTS) is 1.